The van der Waals surface area contributed by atoms with Gasteiger partial charge in [-0.25, -0.2) is 0 Å². The van der Waals surface area contributed by atoms with Crippen LogP contribution in [0, 0.1) is 40.4 Å². The maximum atomic E-state index is 11.6. The van der Waals surface area contributed by atoms with Gasteiger partial charge in [0.2, 0.25) is 0 Å². The summed E-state index contributed by atoms with van der Waals surface area (Å²) in [6, 6.07) is 0. The molecule has 0 bridgehead atoms. The van der Waals surface area contributed by atoms with E-state index in [0.29, 0.717) is 25.7 Å². The Morgan fingerprint density at radius 3 is 2.04 bits per heavy atom. The minimum atomic E-state index is -1.45. The molecule has 51 heavy (non-hydrogen) atoms. The van der Waals surface area contributed by atoms with Gasteiger partial charge in [0.1, 0.15) is 36.6 Å². The molecule has 3 saturated carbocycles. The van der Waals surface area contributed by atoms with Crippen LogP contribution < -0.4 is 0 Å². The highest BCUT2D eigenvalue weighted by Gasteiger charge is 2.65. The molecular formula is C39H64O12. The van der Waals surface area contributed by atoms with E-state index in [2.05, 4.69) is 32.9 Å². The predicted octanol–water partition coefficient (Wildman–Crippen LogP) is 1.92. The average Bonchev–Trinajstić information content (AvgIpc) is 3.38. The molecule has 0 aromatic heterocycles. The Morgan fingerprint density at radius 1 is 0.863 bits per heavy atom. The zero-order chi connectivity index (χ0) is 37.3. The number of aliphatic hydroxyl groups is 8. The van der Waals surface area contributed by atoms with Gasteiger partial charge in [0.15, 0.2) is 12.6 Å². The van der Waals surface area contributed by atoms with E-state index in [9.17, 15) is 40.9 Å². The fraction of sp³-hybridized carbons (Fsp3) is 0.897. The van der Waals surface area contributed by atoms with Crippen molar-refractivity contribution in [3.63, 3.8) is 0 Å². The van der Waals surface area contributed by atoms with Gasteiger partial charge in [0, 0.05) is 11.8 Å². The van der Waals surface area contributed by atoms with Crippen molar-refractivity contribution in [2.24, 2.45) is 40.4 Å². The molecule has 0 spiro atoms. The van der Waals surface area contributed by atoms with Crippen LogP contribution in [0.5, 0.6) is 0 Å². The average molecular weight is 725 g/mol. The molecule has 4 aliphatic carbocycles. The summed E-state index contributed by atoms with van der Waals surface area (Å²) in [6.45, 7) is 13.9. The van der Waals surface area contributed by atoms with Crippen LogP contribution in [0.25, 0.3) is 0 Å². The summed E-state index contributed by atoms with van der Waals surface area (Å²) >= 11 is 0. The maximum absolute atomic E-state index is 11.6. The number of aliphatic hydroxyl groups excluding tert-OH is 8. The topological polar surface area (TPSA) is 199 Å². The Hall–Kier alpha value is -1.00. The van der Waals surface area contributed by atoms with Gasteiger partial charge in [0.25, 0.3) is 0 Å². The molecule has 0 amide bonds. The molecule has 12 nitrogen and oxygen atoms in total. The van der Waals surface area contributed by atoms with E-state index in [-0.39, 0.29) is 35.0 Å². The molecule has 6 rings (SSSR count). The van der Waals surface area contributed by atoms with E-state index in [1.165, 1.54) is 0 Å². The van der Waals surface area contributed by atoms with E-state index in [4.69, 9.17) is 18.9 Å². The highest BCUT2D eigenvalue weighted by atomic mass is 16.7. The third kappa shape index (κ3) is 6.93. The number of fused-ring (bicyclic) bond motifs is 5. The summed E-state index contributed by atoms with van der Waals surface area (Å²) in [5.74, 6) is 0.252. The van der Waals surface area contributed by atoms with Crippen molar-refractivity contribution in [2.75, 3.05) is 0 Å². The molecule has 0 aromatic rings. The van der Waals surface area contributed by atoms with E-state index < -0.39 is 91.2 Å². The van der Waals surface area contributed by atoms with Gasteiger partial charge in [0.05, 0.1) is 36.6 Å². The molecule has 2 heterocycles. The van der Waals surface area contributed by atoms with Crippen molar-refractivity contribution in [1.29, 1.82) is 0 Å². The van der Waals surface area contributed by atoms with Gasteiger partial charge >= 0.3 is 0 Å². The second-order valence-corrected chi connectivity index (χ2v) is 17.6. The van der Waals surface area contributed by atoms with Gasteiger partial charge < -0.3 is 59.8 Å². The van der Waals surface area contributed by atoms with E-state index in [1.807, 2.05) is 13.8 Å². The van der Waals surface area contributed by atoms with Crippen LogP contribution in [0.3, 0.4) is 0 Å². The molecule has 2 saturated heterocycles. The Balaban J connectivity index is 1.31. The summed E-state index contributed by atoms with van der Waals surface area (Å²) < 4.78 is 25.1. The highest BCUT2D eigenvalue weighted by Crippen LogP contribution is 2.68. The first-order valence-corrected chi connectivity index (χ1v) is 19.3. The molecular weight excluding hydrogens is 660 g/mol. The number of rotatable bonds is 8. The van der Waals surface area contributed by atoms with Crippen molar-refractivity contribution in [2.45, 2.75) is 179 Å². The lowest BCUT2D eigenvalue weighted by molar-refractivity contribution is -0.318. The summed E-state index contributed by atoms with van der Waals surface area (Å²) in [5, 5.41) is 86.3. The quantitative estimate of drug-likeness (QED) is 0.170. The molecule has 0 aromatic carbocycles. The van der Waals surface area contributed by atoms with Gasteiger partial charge in [-0.2, -0.15) is 0 Å². The van der Waals surface area contributed by atoms with Crippen molar-refractivity contribution in [1.82, 2.24) is 0 Å². The standard InChI is InChI=1S/C39H64O12/c1-17(2)8-11-26(41)18(3)29-27(50-36-34(46)32(44)30(42)19(4)48-36)16-25-23-10-9-21-14-22(40)15-28(39(21,7)24(23)12-13-38(25,29)6)51-37-35(47)33(45)31(43)20(5)49-37/h8-9,18-20,22-37,40-47H,10-16H2,1-7H3. The second-order valence-electron chi connectivity index (χ2n) is 17.6. The lowest BCUT2D eigenvalue weighted by Gasteiger charge is -2.60. The highest BCUT2D eigenvalue weighted by molar-refractivity contribution is 5.28. The lowest BCUT2D eigenvalue weighted by Crippen LogP contribution is -2.61. The Kier molecular flexibility index (Phi) is 11.6. The van der Waals surface area contributed by atoms with Crippen molar-refractivity contribution < 1.29 is 59.8 Å². The third-order valence-corrected chi connectivity index (χ3v) is 14.4. The molecule has 12 heteroatoms. The molecule has 8 N–H and O–H groups in total. The molecule has 2 aliphatic heterocycles. The van der Waals surface area contributed by atoms with Gasteiger partial charge in [-0.15, -0.1) is 0 Å². The Labute approximate surface area is 302 Å². The SMILES string of the molecule is CC(C)=CCC(O)C(C)C1C(OC2OC(C)C(O)C(O)C2O)CC2C3CC=C4CC(O)CC(OC5OC(C)C(O)C(O)C5O)C4(C)C3CCC21C. The largest absolute Gasteiger partial charge is 0.393 e. The Morgan fingerprint density at radius 2 is 1.45 bits per heavy atom. The van der Waals surface area contributed by atoms with Crippen molar-refractivity contribution >= 4 is 0 Å². The van der Waals surface area contributed by atoms with E-state index in [1.54, 1.807) is 13.8 Å². The summed E-state index contributed by atoms with van der Waals surface area (Å²) in [5.41, 5.74) is 1.51. The molecule has 21 unspecified atom stereocenters. The smallest absolute Gasteiger partial charge is 0.186 e. The van der Waals surface area contributed by atoms with Crippen molar-refractivity contribution in [3.05, 3.63) is 23.3 Å². The summed E-state index contributed by atoms with van der Waals surface area (Å²) in [6.07, 6.45) is -5.35. The van der Waals surface area contributed by atoms with Crippen LogP contribution in [0.4, 0.5) is 0 Å². The van der Waals surface area contributed by atoms with Crippen molar-refractivity contribution in [3.8, 4) is 0 Å². The second kappa shape index (κ2) is 14.9. The lowest BCUT2D eigenvalue weighted by atomic mass is 9.46. The van der Waals surface area contributed by atoms with E-state index >= 15 is 0 Å². The van der Waals surface area contributed by atoms with Crippen LogP contribution in [0.15, 0.2) is 23.3 Å². The van der Waals surface area contributed by atoms with Gasteiger partial charge in [-0.1, -0.05) is 44.1 Å². The fourth-order valence-corrected chi connectivity index (χ4v) is 11.4. The van der Waals surface area contributed by atoms with E-state index in [0.717, 1.165) is 30.4 Å². The summed E-state index contributed by atoms with van der Waals surface area (Å²) in [4.78, 5) is 0. The third-order valence-electron chi connectivity index (χ3n) is 14.4. The first-order valence-electron chi connectivity index (χ1n) is 19.3. The first-order chi connectivity index (χ1) is 23.9. The zero-order valence-corrected chi connectivity index (χ0v) is 31.3. The number of hydrogen-bond donors (Lipinski definition) is 8. The fourth-order valence-electron chi connectivity index (χ4n) is 11.4. The van der Waals surface area contributed by atoms with Crippen LogP contribution in [-0.2, 0) is 18.9 Å². The summed E-state index contributed by atoms with van der Waals surface area (Å²) in [7, 11) is 0. The molecule has 6 aliphatic rings. The number of ether oxygens (including phenoxy) is 4. The zero-order valence-electron chi connectivity index (χ0n) is 31.3. The normalized spacial score (nSPS) is 52.5. The van der Waals surface area contributed by atoms with Crippen LogP contribution in [0.1, 0.15) is 93.4 Å². The monoisotopic (exact) mass is 724 g/mol. The predicted molar refractivity (Wildman–Crippen MR) is 186 cm³/mol. The van der Waals surface area contributed by atoms with Crippen LogP contribution in [-0.4, -0.2) is 127 Å². The minimum absolute atomic E-state index is 0.0993. The molecule has 0 radical (unpaired) electrons. The number of hydrogen-bond acceptors (Lipinski definition) is 12. The number of allylic oxidation sites excluding steroid dienone is 2. The van der Waals surface area contributed by atoms with Gasteiger partial charge in [-0.3, -0.25) is 0 Å². The first kappa shape index (κ1) is 39.7. The molecule has 21 atom stereocenters. The molecule has 292 valence electrons. The minimum Gasteiger partial charge on any atom is -0.393 e. The van der Waals surface area contributed by atoms with Crippen LogP contribution >= 0.6 is 0 Å². The maximum Gasteiger partial charge on any atom is 0.186 e. The Bertz CT molecular complexity index is 1290. The molecule has 5 fully saturated rings. The van der Waals surface area contributed by atoms with Crippen LogP contribution in [0.2, 0.25) is 0 Å². The van der Waals surface area contributed by atoms with Gasteiger partial charge in [-0.05, 0) is 101 Å².